The highest BCUT2D eigenvalue weighted by molar-refractivity contribution is 7.99. The van der Waals surface area contributed by atoms with Crippen molar-refractivity contribution in [3.8, 4) is 5.75 Å². The summed E-state index contributed by atoms with van der Waals surface area (Å²) in [5.41, 5.74) is -0.301. The molecule has 112 valence electrons. The van der Waals surface area contributed by atoms with E-state index in [0.717, 1.165) is 11.3 Å². The average Bonchev–Trinajstić information content (AvgIpc) is 3.05. The molecule has 0 aromatic heterocycles. The number of benzene rings is 1. The van der Waals surface area contributed by atoms with Gasteiger partial charge in [0, 0.05) is 17.2 Å². The zero-order chi connectivity index (χ0) is 15.0. The lowest BCUT2D eigenvalue weighted by molar-refractivity contribution is -0.147. The minimum atomic E-state index is -1.17. The molecule has 0 radical (unpaired) electrons. The number of thioether (sulfide) groups is 1. The van der Waals surface area contributed by atoms with Crippen molar-refractivity contribution in [3.63, 3.8) is 0 Å². The first-order valence-corrected chi connectivity index (χ1v) is 8.12. The van der Waals surface area contributed by atoms with E-state index in [2.05, 4.69) is 5.32 Å². The molecule has 1 fully saturated rings. The van der Waals surface area contributed by atoms with Gasteiger partial charge in [0.2, 0.25) is 0 Å². The second-order valence-electron chi connectivity index (χ2n) is 5.24. The molecule has 1 aromatic carbocycles. The van der Waals surface area contributed by atoms with Crippen LogP contribution in [0.5, 0.6) is 5.75 Å². The molecule has 1 saturated heterocycles. The first-order chi connectivity index (χ1) is 10.00. The van der Waals surface area contributed by atoms with E-state index in [1.165, 1.54) is 11.8 Å². The normalized spacial score (nSPS) is 27.0. The maximum atomic E-state index is 12.3. The van der Waals surface area contributed by atoms with E-state index in [1.54, 1.807) is 18.2 Å². The summed E-state index contributed by atoms with van der Waals surface area (Å²) in [6, 6.07) is 5.19. The van der Waals surface area contributed by atoms with Gasteiger partial charge in [0.25, 0.3) is 5.91 Å². The van der Waals surface area contributed by atoms with Crippen molar-refractivity contribution in [2.45, 2.75) is 24.5 Å². The topological polar surface area (TPSA) is 75.6 Å². The number of carbonyl (C=O) groups is 2. The molecule has 0 saturated carbocycles. The molecule has 2 heterocycles. The Morgan fingerprint density at radius 1 is 1.48 bits per heavy atom. The number of hydrogen-bond acceptors (Lipinski definition) is 4. The molecule has 2 atom stereocenters. The van der Waals surface area contributed by atoms with Crippen LogP contribution in [-0.2, 0) is 16.0 Å². The van der Waals surface area contributed by atoms with Crippen molar-refractivity contribution in [2.75, 3.05) is 11.5 Å². The van der Waals surface area contributed by atoms with Gasteiger partial charge in [-0.1, -0.05) is 11.6 Å². The fourth-order valence-electron chi connectivity index (χ4n) is 2.57. The largest absolute Gasteiger partial charge is 0.480 e. The molecule has 5 nitrogen and oxygen atoms in total. The van der Waals surface area contributed by atoms with Gasteiger partial charge in [0.05, 0.1) is 0 Å². The summed E-state index contributed by atoms with van der Waals surface area (Å²) in [5, 5.41) is 12.6. The Balaban J connectivity index is 1.71. The number of carboxylic acids is 1. The molecule has 2 aliphatic heterocycles. The van der Waals surface area contributed by atoms with E-state index in [9.17, 15) is 14.7 Å². The van der Waals surface area contributed by atoms with Crippen LogP contribution in [-0.4, -0.2) is 40.1 Å². The van der Waals surface area contributed by atoms with Crippen molar-refractivity contribution >= 4 is 35.2 Å². The molecule has 0 bridgehead atoms. The summed E-state index contributed by atoms with van der Waals surface area (Å²) >= 11 is 7.44. The van der Waals surface area contributed by atoms with Crippen molar-refractivity contribution in [1.82, 2.24) is 5.32 Å². The monoisotopic (exact) mass is 327 g/mol. The highest BCUT2D eigenvalue weighted by Gasteiger charge is 2.45. The predicted molar refractivity (Wildman–Crippen MR) is 80.0 cm³/mol. The van der Waals surface area contributed by atoms with Gasteiger partial charge in [0.15, 0.2) is 6.10 Å². The number of nitrogens with one attached hydrogen (secondary N) is 1. The Bertz CT molecular complexity index is 601. The summed E-state index contributed by atoms with van der Waals surface area (Å²) in [4.78, 5) is 23.8. The number of carbonyl (C=O) groups excluding carboxylic acids is 1. The van der Waals surface area contributed by atoms with Gasteiger partial charge in [0.1, 0.15) is 11.3 Å². The molecule has 1 aromatic rings. The van der Waals surface area contributed by atoms with Gasteiger partial charge in [-0.2, -0.15) is 11.8 Å². The highest BCUT2D eigenvalue weighted by Crippen LogP contribution is 2.32. The van der Waals surface area contributed by atoms with Crippen LogP contribution in [0.1, 0.15) is 12.0 Å². The van der Waals surface area contributed by atoms with Crippen molar-refractivity contribution < 1.29 is 19.4 Å². The Morgan fingerprint density at radius 3 is 2.95 bits per heavy atom. The van der Waals surface area contributed by atoms with Crippen LogP contribution < -0.4 is 10.1 Å². The number of amides is 1. The molecular weight excluding hydrogens is 314 g/mol. The Labute approximate surface area is 131 Å². The van der Waals surface area contributed by atoms with Crippen LogP contribution in [0.4, 0.5) is 0 Å². The molecule has 7 heteroatoms. The first kappa shape index (κ1) is 14.5. The van der Waals surface area contributed by atoms with Gasteiger partial charge in [-0.25, -0.2) is 4.79 Å². The van der Waals surface area contributed by atoms with Crippen molar-refractivity contribution in [3.05, 3.63) is 28.8 Å². The van der Waals surface area contributed by atoms with Crippen LogP contribution in [0.3, 0.4) is 0 Å². The fraction of sp³-hybridized carbons (Fsp3) is 0.429. The minimum absolute atomic E-state index is 0.382. The maximum absolute atomic E-state index is 12.3. The van der Waals surface area contributed by atoms with Crippen LogP contribution >= 0.6 is 23.4 Å². The molecule has 2 N–H and O–H groups in total. The fourth-order valence-corrected chi connectivity index (χ4v) is 4.09. The Kier molecular flexibility index (Phi) is 3.75. The zero-order valence-electron chi connectivity index (χ0n) is 11.1. The van der Waals surface area contributed by atoms with E-state index in [0.29, 0.717) is 29.4 Å². The van der Waals surface area contributed by atoms with E-state index in [-0.39, 0.29) is 5.91 Å². The van der Waals surface area contributed by atoms with Gasteiger partial charge < -0.3 is 15.2 Å². The maximum Gasteiger partial charge on any atom is 0.330 e. The van der Waals surface area contributed by atoms with Gasteiger partial charge in [-0.15, -0.1) is 0 Å². The highest BCUT2D eigenvalue weighted by atomic mass is 35.5. The Hall–Kier alpha value is -1.40. The van der Waals surface area contributed by atoms with Crippen molar-refractivity contribution in [2.24, 2.45) is 0 Å². The lowest BCUT2D eigenvalue weighted by Crippen LogP contribution is -2.57. The standard InChI is InChI=1S/C14H14ClNO4S/c15-9-1-2-10-8(5-9)6-11(20-10)12(17)16-14(13(18)19)3-4-21-7-14/h1-2,5,11H,3-4,6-7H2,(H,16,17)(H,18,19). The van der Waals surface area contributed by atoms with Crippen LogP contribution in [0.2, 0.25) is 5.02 Å². The quantitative estimate of drug-likeness (QED) is 0.884. The minimum Gasteiger partial charge on any atom is -0.480 e. The third kappa shape index (κ3) is 2.70. The zero-order valence-corrected chi connectivity index (χ0v) is 12.7. The number of hydrogen-bond donors (Lipinski definition) is 2. The third-order valence-corrected chi connectivity index (χ3v) is 5.21. The number of aliphatic carboxylic acids is 1. The summed E-state index contributed by atoms with van der Waals surface area (Å²) < 4.78 is 5.59. The number of ether oxygens (including phenoxy) is 1. The molecular formula is C14H14ClNO4S. The lowest BCUT2D eigenvalue weighted by Gasteiger charge is -2.26. The predicted octanol–water partition coefficient (Wildman–Crippen LogP) is 1.72. The van der Waals surface area contributed by atoms with Crippen LogP contribution in [0, 0.1) is 0 Å². The summed E-state index contributed by atoms with van der Waals surface area (Å²) in [7, 11) is 0. The van der Waals surface area contributed by atoms with E-state index in [4.69, 9.17) is 16.3 Å². The lowest BCUT2D eigenvalue weighted by atomic mass is 9.98. The number of carboxylic acid groups (broad SMARTS) is 1. The first-order valence-electron chi connectivity index (χ1n) is 6.58. The number of fused-ring (bicyclic) bond motifs is 1. The average molecular weight is 328 g/mol. The van der Waals surface area contributed by atoms with Gasteiger partial charge in [-0.05, 0) is 35.9 Å². The second kappa shape index (κ2) is 5.42. The van der Waals surface area contributed by atoms with Crippen LogP contribution in [0.25, 0.3) is 0 Å². The summed E-state index contributed by atoms with van der Waals surface area (Å²) in [5.74, 6) is 0.379. The van der Waals surface area contributed by atoms with E-state index >= 15 is 0 Å². The number of halogens is 1. The molecule has 0 aliphatic carbocycles. The Morgan fingerprint density at radius 2 is 2.29 bits per heavy atom. The SMILES string of the molecule is O=C(NC1(C(=O)O)CCSC1)C1Cc2cc(Cl)ccc2O1. The molecule has 21 heavy (non-hydrogen) atoms. The third-order valence-electron chi connectivity index (χ3n) is 3.78. The summed E-state index contributed by atoms with van der Waals surface area (Å²) in [6.45, 7) is 0. The second-order valence-corrected chi connectivity index (χ2v) is 6.78. The molecule has 2 aliphatic rings. The van der Waals surface area contributed by atoms with E-state index in [1.807, 2.05) is 0 Å². The molecule has 1 amide bonds. The van der Waals surface area contributed by atoms with Gasteiger partial charge in [-0.3, -0.25) is 4.79 Å². The summed E-state index contributed by atoms with van der Waals surface area (Å²) in [6.07, 6.45) is 0.148. The smallest absolute Gasteiger partial charge is 0.330 e. The number of rotatable bonds is 3. The molecule has 3 rings (SSSR count). The van der Waals surface area contributed by atoms with Crippen LogP contribution in [0.15, 0.2) is 18.2 Å². The van der Waals surface area contributed by atoms with Crippen molar-refractivity contribution in [1.29, 1.82) is 0 Å². The molecule has 0 spiro atoms. The van der Waals surface area contributed by atoms with E-state index < -0.39 is 17.6 Å². The molecule has 2 unspecified atom stereocenters. The van der Waals surface area contributed by atoms with Gasteiger partial charge >= 0.3 is 5.97 Å².